The second-order valence-electron chi connectivity index (χ2n) is 5.37. The van der Waals surface area contributed by atoms with E-state index in [4.69, 9.17) is 4.74 Å². The Morgan fingerprint density at radius 2 is 1.95 bits per heavy atom. The molecule has 112 valence electrons. The standard InChI is InChI=1S/C15H23NO3S/c1-5-10-15(3,12-19-4)11-16-20(17,18)14-8-6-13(2)7-9-14/h5-9,16H,1,10-12H2,2-4H3. The first-order chi connectivity index (χ1) is 9.33. The van der Waals surface area contributed by atoms with Crippen LogP contribution >= 0.6 is 0 Å². The van der Waals surface area contributed by atoms with Gasteiger partial charge in [-0.2, -0.15) is 0 Å². The molecule has 0 aliphatic rings. The van der Waals surface area contributed by atoms with Crippen molar-refractivity contribution in [2.75, 3.05) is 20.3 Å². The molecule has 0 fully saturated rings. The molecule has 1 unspecified atom stereocenters. The molecular weight excluding hydrogens is 274 g/mol. The molecule has 1 rings (SSSR count). The van der Waals surface area contributed by atoms with Crippen LogP contribution in [0.25, 0.3) is 0 Å². The van der Waals surface area contributed by atoms with Crippen LogP contribution in [0, 0.1) is 12.3 Å². The van der Waals surface area contributed by atoms with Crippen molar-refractivity contribution in [3.05, 3.63) is 42.5 Å². The maximum atomic E-state index is 12.2. The predicted molar refractivity (Wildman–Crippen MR) is 81.2 cm³/mol. The van der Waals surface area contributed by atoms with Gasteiger partial charge in [-0.05, 0) is 25.5 Å². The Labute approximate surface area is 121 Å². The Kier molecular flexibility index (Phi) is 5.92. The largest absolute Gasteiger partial charge is 0.384 e. The molecule has 0 bridgehead atoms. The molecule has 20 heavy (non-hydrogen) atoms. The summed E-state index contributed by atoms with van der Waals surface area (Å²) in [6.07, 6.45) is 2.45. The third-order valence-electron chi connectivity index (χ3n) is 3.15. The van der Waals surface area contributed by atoms with Crippen molar-refractivity contribution in [1.29, 1.82) is 0 Å². The molecule has 0 aliphatic heterocycles. The minimum Gasteiger partial charge on any atom is -0.384 e. The first kappa shape index (κ1) is 16.9. The summed E-state index contributed by atoms with van der Waals surface area (Å²) < 4.78 is 32.3. The number of methoxy groups -OCH3 is 1. The molecule has 0 heterocycles. The molecule has 0 saturated carbocycles. The second-order valence-corrected chi connectivity index (χ2v) is 7.14. The van der Waals surface area contributed by atoms with E-state index < -0.39 is 10.0 Å². The Balaban J connectivity index is 2.80. The van der Waals surface area contributed by atoms with Gasteiger partial charge in [-0.15, -0.1) is 6.58 Å². The quantitative estimate of drug-likeness (QED) is 0.750. The monoisotopic (exact) mass is 297 g/mol. The first-order valence-corrected chi connectivity index (χ1v) is 7.97. The van der Waals surface area contributed by atoms with E-state index in [0.717, 1.165) is 5.56 Å². The molecular formula is C15H23NO3S. The van der Waals surface area contributed by atoms with Crippen LogP contribution in [-0.2, 0) is 14.8 Å². The van der Waals surface area contributed by atoms with Crippen molar-refractivity contribution in [2.45, 2.75) is 25.2 Å². The molecule has 1 aromatic carbocycles. The summed E-state index contributed by atoms with van der Waals surface area (Å²) in [5.74, 6) is 0. The van der Waals surface area contributed by atoms with Crippen LogP contribution < -0.4 is 4.72 Å². The zero-order valence-corrected chi connectivity index (χ0v) is 13.2. The number of sulfonamides is 1. The van der Waals surface area contributed by atoms with Gasteiger partial charge in [-0.3, -0.25) is 0 Å². The maximum Gasteiger partial charge on any atom is 0.240 e. The molecule has 0 saturated heterocycles. The van der Waals surface area contributed by atoms with Crippen LogP contribution in [-0.4, -0.2) is 28.7 Å². The lowest BCUT2D eigenvalue weighted by atomic mass is 9.88. The van der Waals surface area contributed by atoms with Gasteiger partial charge in [0.2, 0.25) is 10.0 Å². The highest BCUT2D eigenvalue weighted by atomic mass is 32.2. The average Bonchev–Trinajstić information content (AvgIpc) is 2.38. The normalized spacial score (nSPS) is 14.8. The van der Waals surface area contributed by atoms with E-state index >= 15 is 0 Å². The highest BCUT2D eigenvalue weighted by Gasteiger charge is 2.25. The van der Waals surface area contributed by atoms with Crippen molar-refractivity contribution in [3.63, 3.8) is 0 Å². The molecule has 0 aliphatic carbocycles. The average molecular weight is 297 g/mol. The van der Waals surface area contributed by atoms with Crippen molar-refractivity contribution in [3.8, 4) is 0 Å². The smallest absolute Gasteiger partial charge is 0.240 e. The van der Waals surface area contributed by atoms with Crippen molar-refractivity contribution in [2.24, 2.45) is 5.41 Å². The van der Waals surface area contributed by atoms with Gasteiger partial charge in [0.1, 0.15) is 0 Å². The lowest BCUT2D eigenvalue weighted by Crippen LogP contribution is -2.38. The number of hydrogen-bond donors (Lipinski definition) is 1. The van der Waals surface area contributed by atoms with E-state index in [1.54, 1.807) is 37.5 Å². The number of rotatable bonds is 8. The topological polar surface area (TPSA) is 55.4 Å². The van der Waals surface area contributed by atoms with Gasteiger partial charge in [-0.1, -0.05) is 30.7 Å². The third-order valence-corrected chi connectivity index (χ3v) is 4.57. The van der Waals surface area contributed by atoms with Crippen LogP contribution in [0.1, 0.15) is 18.9 Å². The van der Waals surface area contributed by atoms with Crippen molar-refractivity contribution in [1.82, 2.24) is 4.72 Å². The molecule has 0 spiro atoms. The Morgan fingerprint density at radius 3 is 2.45 bits per heavy atom. The van der Waals surface area contributed by atoms with E-state index in [1.807, 2.05) is 13.8 Å². The second kappa shape index (κ2) is 7.02. The van der Waals surface area contributed by atoms with Gasteiger partial charge in [0.25, 0.3) is 0 Å². The molecule has 5 heteroatoms. The molecule has 1 N–H and O–H groups in total. The molecule has 1 aromatic rings. The molecule has 1 atom stereocenters. The van der Waals surface area contributed by atoms with E-state index in [1.165, 1.54) is 0 Å². The first-order valence-electron chi connectivity index (χ1n) is 6.49. The van der Waals surface area contributed by atoms with Crippen molar-refractivity contribution >= 4 is 10.0 Å². The van der Waals surface area contributed by atoms with Crippen LogP contribution in [0.15, 0.2) is 41.8 Å². The molecule has 4 nitrogen and oxygen atoms in total. The van der Waals surface area contributed by atoms with Crippen LogP contribution in [0.3, 0.4) is 0 Å². The van der Waals surface area contributed by atoms with Crippen molar-refractivity contribution < 1.29 is 13.2 Å². The van der Waals surface area contributed by atoms with Crippen LogP contribution in [0.5, 0.6) is 0 Å². The summed E-state index contributed by atoms with van der Waals surface area (Å²) in [7, 11) is -1.88. The fourth-order valence-corrected chi connectivity index (χ4v) is 3.15. The molecule has 0 aromatic heterocycles. The summed E-state index contributed by atoms with van der Waals surface area (Å²) in [6.45, 7) is 8.37. The SMILES string of the molecule is C=CCC(C)(CNS(=O)(=O)c1ccc(C)cc1)COC. The Bertz CT molecular complexity index is 537. The maximum absolute atomic E-state index is 12.2. The van der Waals surface area contributed by atoms with E-state index in [-0.39, 0.29) is 10.3 Å². The number of nitrogens with one attached hydrogen (secondary N) is 1. The van der Waals surface area contributed by atoms with E-state index in [9.17, 15) is 8.42 Å². The highest BCUT2D eigenvalue weighted by molar-refractivity contribution is 7.89. The Hall–Kier alpha value is -1.17. The van der Waals surface area contributed by atoms with Crippen LogP contribution in [0.2, 0.25) is 0 Å². The minimum atomic E-state index is -3.49. The highest BCUT2D eigenvalue weighted by Crippen LogP contribution is 2.22. The predicted octanol–water partition coefficient (Wildman–Crippen LogP) is 2.50. The van der Waals surface area contributed by atoms with Gasteiger partial charge in [0.15, 0.2) is 0 Å². The number of hydrogen-bond acceptors (Lipinski definition) is 3. The number of aryl methyl sites for hydroxylation is 1. The fourth-order valence-electron chi connectivity index (χ4n) is 1.95. The summed E-state index contributed by atoms with van der Waals surface area (Å²) in [5, 5.41) is 0. The van der Waals surface area contributed by atoms with Gasteiger partial charge in [0.05, 0.1) is 11.5 Å². The van der Waals surface area contributed by atoms with Crippen LogP contribution in [0.4, 0.5) is 0 Å². The van der Waals surface area contributed by atoms with E-state index in [2.05, 4.69) is 11.3 Å². The van der Waals surface area contributed by atoms with E-state index in [0.29, 0.717) is 19.6 Å². The fraction of sp³-hybridized carbons (Fsp3) is 0.467. The number of allylic oxidation sites excluding steroid dienone is 1. The van der Waals surface area contributed by atoms with Gasteiger partial charge in [-0.25, -0.2) is 13.1 Å². The summed E-state index contributed by atoms with van der Waals surface area (Å²) in [4.78, 5) is 0.279. The molecule has 0 radical (unpaired) electrons. The number of ether oxygens (including phenoxy) is 1. The lowest BCUT2D eigenvalue weighted by Gasteiger charge is -2.27. The third kappa shape index (κ3) is 4.74. The zero-order valence-electron chi connectivity index (χ0n) is 12.3. The van der Waals surface area contributed by atoms with Gasteiger partial charge in [0, 0.05) is 19.1 Å². The summed E-state index contributed by atoms with van der Waals surface area (Å²) in [6, 6.07) is 6.79. The Morgan fingerprint density at radius 1 is 1.35 bits per heavy atom. The number of benzene rings is 1. The molecule has 0 amide bonds. The van der Waals surface area contributed by atoms with Gasteiger partial charge >= 0.3 is 0 Å². The summed E-state index contributed by atoms with van der Waals surface area (Å²) in [5.41, 5.74) is 0.730. The minimum absolute atomic E-state index is 0.279. The van der Waals surface area contributed by atoms with Gasteiger partial charge < -0.3 is 4.74 Å². The summed E-state index contributed by atoms with van der Waals surface area (Å²) >= 11 is 0. The lowest BCUT2D eigenvalue weighted by molar-refractivity contribution is 0.0968. The zero-order chi connectivity index (χ0) is 15.2.